The molecule has 0 fully saturated rings. The number of rotatable bonds is 7. The van der Waals surface area contributed by atoms with Crippen LogP contribution in [0.15, 0.2) is 12.2 Å². The van der Waals surface area contributed by atoms with Crippen molar-refractivity contribution in [3.63, 3.8) is 0 Å². The number of aliphatic carboxylic acids is 1. The van der Waals surface area contributed by atoms with Crippen molar-refractivity contribution in [1.29, 1.82) is 0 Å². The summed E-state index contributed by atoms with van der Waals surface area (Å²) in [6.45, 7) is 1.10. The zero-order chi connectivity index (χ0) is 18.5. The predicted octanol–water partition coefficient (Wildman–Crippen LogP) is -1.36. The molecule has 11 heteroatoms. The van der Waals surface area contributed by atoms with Gasteiger partial charge in [-0.1, -0.05) is 0 Å². The number of carbonyl (C=O) groups excluding carboxylic acids is 3. The van der Waals surface area contributed by atoms with Crippen LogP contribution in [0.1, 0.15) is 19.3 Å². The second-order valence-electron chi connectivity index (χ2n) is 4.02. The van der Waals surface area contributed by atoms with Gasteiger partial charge in [-0.25, -0.2) is 9.86 Å². The first-order valence-corrected chi connectivity index (χ1v) is 6.40. The van der Waals surface area contributed by atoms with E-state index < -0.39 is 24.0 Å². The molecule has 0 spiro atoms. The van der Waals surface area contributed by atoms with Gasteiger partial charge in [0.1, 0.15) is 5.97 Å². The van der Waals surface area contributed by atoms with E-state index in [1.165, 1.54) is 7.11 Å². The molecular formula is C12H19F3N2O6. The zero-order valence-electron chi connectivity index (χ0n) is 12.5. The Morgan fingerprint density at radius 3 is 2.13 bits per heavy atom. The molecule has 0 bridgehead atoms. The lowest BCUT2D eigenvalue weighted by Gasteiger charge is -2.11. The van der Waals surface area contributed by atoms with E-state index in [4.69, 9.17) is 9.90 Å². The number of methoxy groups -OCH3 is 1. The Morgan fingerprint density at radius 2 is 1.74 bits per heavy atom. The third kappa shape index (κ3) is 14.6. The molecule has 0 radical (unpaired) electrons. The molecule has 0 unspecified atom stereocenters. The minimum absolute atomic E-state index is 0.254. The maximum atomic E-state index is 11.2. The molecule has 0 aromatic heterocycles. The number of esters is 1. The largest absolute Gasteiger partial charge is 0.542 e. The second kappa shape index (κ2) is 12.4. The number of amides is 1. The summed E-state index contributed by atoms with van der Waals surface area (Å²) in [6.07, 6.45) is -0.646. The Kier molecular flexibility index (Phi) is 12.5. The number of carboxylic acids is 1. The maximum absolute atomic E-state index is 11.2. The highest BCUT2D eigenvalue weighted by molar-refractivity contribution is 5.93. The maximum Gasteiger partial charge on any atom is 0.430 e. The van der Waals surface area contributed by atoms with E-state index in [0.717, 1.165) is 31.5 Å². The van der Waals surface area contributed by atoms with E-state index in [9.17, 15) is 28.0 Å². The number of nitrogens with zero attached hydrogens (tertiary/aromatic N) is 1. The molecule has 0 rings (SSSR count). The van der Waals surface area contributed by atoms with Crippen LogP contribution in [-0.2, 0) is 19.1 Å². The number of alkyl halides is 3. The summed E-state index contributed by atoms with van der Waals surface area (Å²) in [5, 5.41) is 18.6. The van der Waals surface area contributed by atoms with Crippen LogP contribution < -0.4 is 10.8 Å². The van der Waals surface area contributed by atoms with Crippen molar-refractivity contribution in [3.05, 3.63) is 12.2 Å². The lowest BCUT2D eigenvalue weighted by molar-refractivity contribution is -0.368. The number of unbranched alkanes of at least 4 members (excludes halogenated alkanes) is 2. The fourth-order valence-electron chi connectivity index (χ4n) is 1.02. The van der Waals surface area contributed by atoms with Gasteiger partial charge in [0, 0.05) is 18.7 Å². The topological polar surface area (TPSA) is 135 Å². The molecular weight excluding hydrogens is 325 g/mol. The summed E-state index contributed by atoms with van der Waals surface area (Å²) in [6, 6.07) is 0. The summed E-state index contributed by atoms with van der Waals surface area (Å²) in [7, 11) is 1.21. The number of carbonyl (C=O) groups is 3. The molecule has 4 N–H and O–H groups in total. The number of ether oxygens (including phenoxy) is 1. The van der Waals surface area contributed by atoms with Crippen molar-refractivity contribution in [2.24, 2.45) is 0 Å². The van der Waals surface area contributed by atoms with Gasteiger partial charge in [0.15, 0.2) is 0 Å². The van der Waals surface area contributed by atoms with E-state index in [1.807, 2.05) is 0 Å². The van der Waals surface area contributed by atoms with Gasteiger partial charge in [-0.15, -0.1) is 0 Å². The summed E-state index contributed by atoms with van der Waals surface area (Å²) in [5.41, 5.74) is 3.69. The summed E-state index contributed by atoms with van der Waals surface area (Å²) < 4.78 is 35.9. The van der Waals surface area contributed by atoms with Crippen molar-refractivity contribution in [3.8, 4) is 0 Å². The van der Waals surface area contributed by atoms with Crippen molar-refractivity contribution in [2.75, 3.05) is 20.2 Å². The van der Waals surface area contributed by atoms with Gasteiger partial charge in [-0.05, 0) is 19.3 Å². The van der Waals surface area contributed by atoms with Gasteiger partial charge in [0.2, 0.25) is 0 Å². The number of hydrogen-bond acceptors (Lipinski definition) is 6. The van der Waals surface area contributed by atoms with Crippen LogP contribution in [0.5, 0.6) is 0 Å². The fraction of sp³-hybridized carbons (Fsp3) is 0.583. The summed E-state index contributed by atoms with van der Waals surface area (Å²) in [5.74, 6) is -4.26. The van der Waals surface area contributed by atoms with Crippen LogP contribution in [0.3, 0.4) is 0 Å². The summed E-state index contributed by atoms with van der Waals surface area (Å²) in [4.78, 5) is 30.7. The molecule has 0 aliphatic carbocycles. The first-order valence-electron chi connectivity index (χ1n) is 6.40. The number of hydroxylamine groups is 2. The second-order valence-corrected chi connectivity index (χ2v) is 4.02. The highest BCUT2D eigenvalue weighted by Gasteiger charge is 2.28. The van der Waals surface area contributed by atoms with Gasteiger partial charge in [-0.2, -0.15) is 13.2 Å². The standard InChI is InChI=1S/C10H18N2O4.C2HF3O2/c1-16-10(14)6-5-9(13)12(15)8-4-2-3-7-11;3-2(4,5)1(6)7/h5-6,15H,2-4,7-8,11H2,1H3;(H,6,7)/b6-5+;. The number of halogens is 3. The highest BCUT2D eigenvalue weighted by Crippen LogP contribution is 2.11. The van der Waals surface area contributed by atoms with Gasteiger partial charge in [0.25, 0.3) is 5.91 Å². The molecule has 8 nitrogen and oxygen atoms in total. The van der Waals surface area contributed by atoms with Gasteiger partial charge in [-0.3, -0.25) is 10.0 Å². The van der Waals surface area contributed by atoms with Gasteiger partial charge >= 0.3 is 12.1 Å². The summed E-state index contributed by atoms with van der Waals surface area (Å²) >= 11 is 0. The van der Waals surface area contributed by atoms with E-state index in [0.29, 0.717) is 11.5 Å². The molecule has 0 atom stereocenters. The molecule has 0 saturated carbocycles. The van der Waals surface area contributed by atoms with Crippen LogP contribution in [-0.4, -0.2) is 54.5 Å². The lowest BCUT2D eigenvalue weighted by atomic mass is 10.2. The van der Waals surface area contributed by atoms with E-state index in [1.54, 1.807) is 0 Å². The Labute approximate surface area is 130 Å². The van der Waals surface area contributed by atoms with Crippen LogP contribution in [0.25, 0.3) is 0 Å². The minimum atomic E-state index is -5.19. The quantitative estimate of drug-likeness (QED) is 0.193. The van der Waals surface area contributed by atoms with Gasteiger partial charge < -0.3 is 20.4 Å². The SMILES string of the molecule is COC(=O)/C=C/C(=O)N(O)CCCCC[NH3+].O=C([O-])C(F)(F)F. The monoisotopic (exact) mass is 344 g/mol. The van der Waals surface area contributed by atoms with E-state index in [-0.39, 0.29) is 6.54 Å². The third-order valence-corrected chi connectivity index (χ3v) is 2.17. The van der Waals surface area contributed by atoms with E-state index >= 15 is 0 Å². The van der Waals surface area contributed by atoms with Crippen molar-refractivity contribution >= 4 is 17.8 Å². The van der Waals surface area contributed by atoms with E-state index in [2.05, 4.69) is 10.5 Å². The van der Waals surface area contributed by atoms with Crippen LogP contribution in [0, 0.1) is 0 Å². The molecule has 0 aromatic rings. The Bertz CT molecular complexity index is 412. The van der Waals surface area contributed by atoms with Crippen LogP contribution >= 0.6 is 0 Å². The first-order chi connectivity index (χ1) is 10.6. The highest BCUT2D eigenvalue weighted by atomic mass is 19.4. The molecule has 0 heterocycles. The molecule has 0 saturated heterocycles. The lowest BCUT2D eigenvalue weighted by Crippen LogP contribution is -2.50. The molecule has 0 aliphatic heterocycles. The van der Waals surface area contributed by atoms with Gasteiger partial charge in [0.05, 0.1) is 13.7 Å². The zero-order valence-corrected chi connectivity index (χ0v) is 12.5. The van der Waals surface area contributed by atoms with Crippen molar-refractivity contribution in [1.82, 2.24) is 5.06 Å². The molecule has 23 heavy (non-hydrogen) atoms. The smallest absolute Gasteiger partial charge is 0.430 e. The Hall–Kier alpha value is -2.14. The number of hydrogen-bond donors (Lipinski definition) is 2. The number of carboxylic acid groups (broad SMARTS) is 1. The molecule has 1 amide bonds. The first kappa shape index (κ1) is 23.1. The Balaban J connectivity index is 0. The van der Waals surface area contributed by atoms with Crippen LogP contribution in [0.4, 0.5) is 13.2 Å². The fourth-order valence-corrected chi connectivity index (χ4v) is 1.02. The average molecular weight is 344 g/mol. The van der Waals surface area contributed by atoms with Crippen molar-refractivity contribution in [2.45, 2.75) is 25.4 Å². The minimum Gasteiger partial charge on any atom is -0.542 e. The van der Waals surface area contributed by atoms with Crippen LogP contribution in [0.2, 0.25) is 0 Å². The average Bonchev–Trinajstić information content (AvgIpc) is 2.48. The van der Waals surface area contributed by atoms with Crippen molar-refractivity contribution < 1.29 is 48.3 Å². The Morgan fingerprint density at radius 1 is 1.22 bits per heavy atom. The molecule has 134 valence electrons. The number of quaternary nitrogens is 1. The third-order valence-electron chi connectivity index (χ3n) is 2.17. The molecule has 0 aromatic carbocycles. The molecule has 0 aliphatic rings. The predicted molar refractivity (Wildman–Crippen MR) is 67.3 cm³/mol. The normalized spacial score (nSPS) is 10.7.